The minimum atomic E-state index is -0.748. The van der Waals surface area contributed by atoms with Crippen molar-refractivity contribution >= 4 is 28.9 Å². The average molecular weight is 471 g/mol. The Balaban J connectivity index is 1.68. The lowest BCUT2D eigenvalue weighted by atomic mass is 10.1. The number of benzene rings is 1. The Hall–Kier alpha value is -3.58. The Kier molecular flexibility index (Phi) is 7.47. The van der Waals surface area contributed by atoms with Crippen molar-refractivity contribution in [2.75, 3.05) is 26.8 Å². The highest BCUT2D eigenvalue weighted by Gasteiger charge is 2.31. The SMILES string of the molecule is CN(CCOCC#Cc1cccc2c1n(C)c(=O)n2C1CCC(=O)NC1=O)C(=O)OC(C)(C)C. The lowest BCUT2D eigenvalue weighted by Gasteiger charge is -2.24. The van der Waals surface area contributed by atoms with Crippen LogP contribution in [0, 0.1) is 11.8 Å². The number of rotatable bonds is 5. The largest absolute Gasteiger partial charge is 0.444 e. The summed E-state index contributed by atoms with van der Waals surface area (Å²) in [6, 6.07) is 4.57. The molecule has 34 heavy (non-hydrogen) atoms. The first-order valence-electron chi connectivity index (χ1n) is 11.0. The fourth-order valence-electron chi connectivity index (χ4n) is 3.66. The molecule has 1 N–H and O–H groups in total. The van der Waals surface area contributed by atoms with Gasteiger partial charge in [0.2, 0.25) is 11.8 Å². The highest BCUT2D eigenvalue weighted by molar-refractivity contribution is 6.00. The van der Waals surface area contributed by atoms with E-state index in [1.54, 1.807) is 53.1 Å². The van der Waals surface area contributed by atoms with Crippen LogP contribution in [-0.2, 0) is 26.1 Å². The van der Waals surface area contributed by atoms with Crippen LogP contribution in [0.3, 0.4) is 0 Å². The van der Waals surface area contributed by atoms with Crippen LogP contribution < -0.4 is 11.0 Å². The molecule has 0 bridgehead atoms. The third-order valence-electron chi connectivity index (χ3n) is 5.30. The Bertz CT molecular complexity index is 1220. The number of aromatic nitrogens is 2. The summed E-state index contributed by atoms with van der Waals surface area (Å²) in [5.74, 6) is 5.14. The molecule has 1 unspecified atom stereocenters. The van der Waals surface area contributed by atoms with Gasteiger partial charge >= 0.3 is 11.8 Å². The molecule has 1 aromatic carbocycles. The number of nitrogens with zero attached hydrogens (tertiary/aromatic N) is 3. The summed E-state index contributed by atoms with van der Waals surface area (Å²) >= 11 is 0. The van der Waals surface area contributed by atoms with Crippen molar-refractivity contribution in [3.63, 3.8) is 0 Å². The minimum absolute atomic E-state index is 0.139. The van der Waals surface area contributed by atoms with Gasteiger partial charge in [-0.2, -0.15) is 0 Å². The monoisotopic (exact) mass is 470 g/mol. The molecule has 1 aliphatic rings. The summed E-state index contributed by atoms with van der Waals surface area (Å²) in [5, 5.41) is 2.30. The maximum absolute atomic E-state index is 12.9. The second-order valence-electron chi connectivity index (χ2n) is 9.11. The zero-order valence-electron chi connectivity index (χ0n) is 20.1. The van der Waals surface area contributed by atoms with E-state index >= 15 is 0 Å². The summed E-state index contributed by atoms with van der Waals surface area (Å²) in [5.41, 5.74) is 0.900. The molecule has 0 aliphatic carbocycles. The van der Waals surface area contributed by atoms with Gasteiger partial charge in [-0.25, -0.2) is 9.59 Å². The minimum Gasteiger partial charge on any atom is -0.444 e. The Morgan fingerprint density at radius 3 is 2.68 bits per heavy atom. The third-order valence-corrected chi connectivity index (χ3v) is 5.30. The summed E-state index contributed by atoms with van der Waals surface area (Å²) in [4.78, 5) is 50.2. The summed E-state index contributed by atoms with van der Waals surface area (Å²) in [7, 11) is 3.26. The van der Waals surface area contributed by atoms with E-state index in [9.17, 15) is 19.2 Å². The lowest BCUT2D eigenvalue weighted by Crippen LogP contribution is -2.44. The first kappa shape index (κ1) is 25.1. The molecule has 2 heterocycles. The molecule has 1 fully saturated rings. The van der Waals surface area contributed by atoms with E-state index in [1.165, 1.54) is 14.0 Å². The number of aryl methyl sites for hydroxylation is 1. The highest BCUT2D eigenvalue weighted by atomic mass is 16.6. The number of carbonyl (C=O) groups excluding carboxylic acids is 3. The molecule has 1 atom stereocenters. The molecular formula is C24H30N4O6. The van der Waals surface area contributed by atoms with Crippen LogP contribution in [0.25, 0.3) is 11.0 Å². The van der Waals surface area contributed by atoms with Gasteiger partial charge in [0.25, 0.3) is 0 Å². The molecule has 3 rings (SSSR count). The molecule has 182 valence electrons. The van der Waals surface area contributed by atoms with Crippen LogP contribution in [0.5, 0.6) is 0 Å². The number of nitrogens with one attached hydrogen (secondary N) is 1. The van der Waals surface area contributed by atoms with Crippen LogP contribution >= 0.6 is 0 Å². The van der Waals surface area contributed by atoms with Gasteiger partial charge in [0.15, 0.2) is 0 Å². The van der Waals surface area contributed by atoms with Gasteiger partial charge in [0, 0.05) is 27.1 Å². The van der Waals surface area contributed by atoms with Gasteiger partial charge in [0.1, 0.15) is 18.2 Å². The predicted molar refractivity (Wildman–Crippen MR) is 125 cm³/mol. The molecule has 10 heteroatoms. The number of imide groups is 1. The van der Waals surface area contributed by atoms with Crippen molar-refractivity contribution in [1.82, 2.24) is 19.4 Å². The molecule has 1 aliphatic heterocycles. The maximum Gasteiger partial charge on any atom is 0.410 e. The smallest absolute Gasteiger partial charge is 0.410 e. The zero-order valence-corrected chi connectivity index (χ0v) is 20.1. The molecule has 1 saturated heterocycles. The summed E-state index contributed by atoms with van der Waals surface area (Å²) < 4.78 is 13.7. The van der Waals surface area contributed by atoms with Gasteiger partial charge in [-0.3, -0.25) is 24.0 Å². The summed E-state index contributed by atoms with van der Waals surface area (Å²) in [6.07, 6.45) is 0.0278. The Morgan fingerprint density at radius 1 is 1.26 bits per heavy atom. The molecule has 0 radical (unpaired) electrons. The molecule has 1 aromatic heterocycles. The number of hydrogen-bond donors (Lipinski definition) is 1. The van der Waals surface area contributed by atoms with Crippen LogP contribution in [0.1, 0.15) is 45.2 Å². The second-order valence-corrected chi connectivity index (χ2v) is 9.11. The standard InChI is InChI=1S/C24H30N4O6/c1-24(2,3)34-23(32)26(4)13-15-33-14-7-9-16-8-6-10-17-20(16)27(5)22(31)28(17)18-11-12-19(29)25-21(18)30/h6,8,10,18H,11-15H2,1-5H3,(H,25,29,30). The quantitative estimate of drug-likeness (QED) is 0.403. The first-order valence-corrected chi connectivity index (χ1v) is 11.0. The van der Waals surface area contributed by atoms with Gasteiger partial charge in [-0.1, -0.05) is 17.9 Å². The summed E-state index contributed by atoms with van der Waals surface area (Å²) in [6.45, 7) is 6.20. The van der Waals surface area contributed by atoms with Crippen molar-refractivity contribution in [3.8, 4) is 11.8 Å². The van der Waals surface area contributed by atoms with Crippen LogP contribution in [-0.4, -0.2) is 64.3 Å². The Labute approximate surface area is 197 Å². The van der Waals surface area contributed by atoms with Crippen molar-refractivity contribution < 1.29 is 23.9 Å². The Morgan fingerprint density at radius 2 is 2.00 bits per heavy atom. The number of para-hydroxylation sites is 1. The van der Waals surface area contributed by atoms with E-state index in [4.69, 9.17) is 9.47 Å². The highest BCUT2D eigenvalue weighted by Crippen LogP contribution is 2.24. The number of likely N-dealkylation sites (N-methyl/N-ethyl adjacent to an activating group) is 1. The van der Waals surface area contributed by atoms with E-state index in [0.29, 0.717) is 29.7 Å². The zero-order chi connectivity index (χ0) is 25.0. The molecule has 0 spiro atoms. The van der Waals surface area contributed by atoms with Crippen LogP contribution in [0.4, 0.5) is 4.79 Å². The van der Waals surface area contributed by atoms with Crippen molar-refractivity contribution in [2.24, 2.45) is 7.05 Å². The molecule has 10 nitrogen and oxygen atoms in total. The fraction of sp³-hybridized carbons (Fsp3) is 0.500. The number of ether oxygens (including phenoxy) is 2. The number of piperidine rings is 1. The van der Waals surface area contributed by atoms with Crippen LogP contribution in [0.2, 0.25) is 0 Å². The van der Waals surface area contributed by atoms with Gasteiger partial charge < -0.3 is 14.4 Å². The molecule has 0 saturated carbocycles. The predicted octanol–water partition coefficient (Wildman–Crippen LogP) is 1.55. The van der Waals surface area contributed by atoms with E-state index in [2.05, 4.69) is 17.2 Å². The van der Waals surface area contributed by atoms with E-state index in [0.717, 1.165) is 0 Å². The van der Waals surface area contributed by atoms with Crippen LogP contribution in [0.15, 0.2) is 23.0 Å². The van der Waals surface area contributed by atoms with Crippen molar-refractivity contribution in [1.29, 1.82) is 0 Å². The van der Waals surface area contributed by atoms with Crippen molar-refractivity contribution in [3.05, 3.63) is 34.2 Å². The number of fused-ring (bicyclic) bond motifs is 1. The fourth-order valence-corrected chi connectivity index (χ4v) is 3.66. The number of hydrogen-bond acceptors (Lipinski definition) is 6. The van der Waals surface area contributed by atoms with E-state index in [-0.39, 0.29) is 31.0 Å². The number of imidazole rings is 1. The van der Waals surface area contributed by atoms with E-state index in [1.807, 2.05) is 0 Å². The van der Waals surface area contributed by atoms with Gasteiger partial charge in [-0.15, -0.1) is 0 Å². The molecule has 2 aromatic rings. The maximum atomic E-state index is 12.9. The van der Waals surface area contributed by atoms with Crippen molar-refractivity contribution in [2.45, 2.75) is 45.3 Å². The number of amides is 3. The topological polar surface area (TPSA) is 112 Å². The van der Waals surface area contributed by atoms with E-state index < -0.39 is 23.6 Å². The normalized spacial score (nSPS) is 16.1. The second kappa shape index (κ2) is 10.1. The third kappa shape index (κ3) is 5.66. The average Bonchev–Trinajstić information content (AvgIpc) is 3.00. The lowest BCUT2D eigenvalue weighted by molar-refractivity contribution is -0.135. The number of carbonyl (C=O) groups is 3. The van der Waals surface area contributed by atoms with Gasteiger partial charge in [-0.05, 0) is 39.3 Å². The van der Waals surface area contributed by atoms with Gasteiger partial charge in [0.05, 0.1) is 23.2 Å². The molecular weight excluding hydrogens is 440 g/mol. The molecule has 3 amide bonds. The first-order chi connectivity index (χ1) is 16.0.